The number of amides is 4. The molecule has 1 unspecified atom stereocenters. The number of likely N-dealkylation sites (N-methyl/N-ethyl adjacent to an activating group) is 1. The van der Waals surface area contributed by atoms with Gasteiger partial charge in [-0.2, -0.15) is 0 Å². The van der Waals surface area contributed by atoms with Gasteiger partial charge in [-0.1, -0.05) is 49.1 Å². The highest BCUT2D eigenvalue weighted by molar-refractivity contribution is 6.09. The number of hydrogen-bond acceptors (Lipinski definition) is 4. The summed E-state index contributed by atoms with van der Waals surface area (Å²) >= 11 is 0. The van der Waals surface area contributed by atoms with Crippen molar-refractivity contribution in [2.24, 2.45) is 0 Å². The maximum Gasteiger partial charge on any atom is 0.325 e. The number of urea groups is 1. The molecule has 1 spiro atoms. The van der Waals surface area contributed by atoms with Gasteiger partial charge in [0.2, 0.25) is 5.91 Å². The highest BCUT2D eigenvalue weighted by Gasteiger charge is 2.51. The van der Waals surface area contributed by atoms with Crippen molar-refractivity contribution >= 4 is 17.8 Å². The van der Waals surface area contributed by atoms with Gasteiger partial charge < -0.3 is 15.5 Å². The van der Waals surface area contributed by atoms with Crippen LogP contribution in [0.3, 0.4) is 0 Å². The van der Waals surface area contributed by atoms with E-state index < -0.39 is 11.6 Å². The minimum Gasteiger partial charge on any atom is -0.353 e. The molecule has 28 heavy (non-hydrogen) atoms. The molecule has 1 aliphatic carbocycles. The third kappa shape index (κ3) is 4.19. The zero-order chi connectivity index (χ0) is 20.3. The molecule has 1 aliphatic heterocycles. The summed E-state index contributed by atoms with van der Waals surface area (Å²) < 4.78 is 0. The molecule has 1 aromatic carbocycles. The van der Waals surface area contributed by atoms with E-state index in [0.29, 0.717) is 19.4 Å². The van der Waals surface area contributed by atoms with Crippen molar-refractivity contribution in [2.45, 2.75) is 50.6 Å². The van der Waals surface area contributed by atoms with Gasteiger partial charge in [0.1, 0.15) is 12.1 Å². The quantitative estimate of drug-likeness (QED) is 0.733. The average molecular weight is 386 g/mol. The summed E-state index contributed by atoms with van der Waals surface area (Å²) in [5.74, 6) is -0.578. The first kappa shape index (κ1) is 20.3. The van der Waals surface area contributed by atoms with Crippen LogP contribution in [0.4, 0.5) is 4.79 Å². The third-order valence-corrected chi connectivity index (χ3v) is 5.83. The SMILES string of the molecule is Cc1ccc(C(CNC(=O)CN2C(=O)NC3(CCCCC3)C2=O)N(C)C)cc1. The predicted octanol–water partition coefficient (Wildman–Crippen LogP) is 1.97. The Hall–Kier alpha value is -2.41. The van der Waals surface area contributed by atoms with E-state index in [1.54, 1.807) is 0 Å². The van der Waals surface area contributed by atoms with E-state index in [9.17, 15) is 14.4 Å². The molecule has 1 heterocycles. The van der Waals surface area contributed by atoms with Crippen molar-refractivity contribution in [1.82, 2.24) is 20.4 Å². The van der Waals surface area contributed by atoms with E-state index in [2.05, 4.69) is 22.8 Å². The maximum atomic E-state index is 12.8. The Morgan fingerprint density at radius 3 is 2.43 bits per heavy atom. The lowest BCUT2D eigenvalue weighted by atomic mass is 9.82. The first-order valence-electron chi connectivity index (χ1n) is 9.96. The molecule has 152 valence electrons. The zero-order valence-electron chi connectivity index (χ0n) is 17.0. The highest BCUT2D eigenvalue weighted by atomic mass is 16.2. The number of carbonyl (C=O) groups is 3. The van der Waals surface area contributed by atoms with Gasteiger partial charge in [-0.3, -0.25) is 14.5 Å². The largest absolute Gasteiger partial charge is 0.353 e. The zero-order valence-corrected chi connectivity index (χ0v) is 17.0. The predicted molar refractivity (Wildman–Crippen MR) is 107 cm³/mol. The Morgan fingerprint density at radius 2 is 1.82 bits per heavy atom. The van der Waals surface area contributed by atoms with E-state index in [1.807, 2.05) is 38.1 Å². The molecule has 7 nitrogen and oxygen atoms in total. The standard InChI is InChI=1S/C21H30N4O3/c1-15-7-9-16(10-8-15)17(24(2)3)13-22-18(26)14-25-19(27)21(23-20(25)28)11-5-4-6-12-21/h7-10,17H,4-6,11-14H2,1-3H3,(H,22,26)(H,23,28). The number of imide groups is 1. The summed E-state index contributed by atoms with van der Waals surface area (Å²) in [7, 11) is 3.92. The molecule has 3 rings (SSSR count). The van der Waals surface area contributed by atoms with Crippen molar-refractivity contribution in [3.8, 4) is 0 Å². The minimum absolute atomic E-state index is 0.0114. The first-order chi connectivity index (χ1) is 13.3. The van der Waals surface area contributed by atoms with E-state index in [0.717, 1.165) is 29.7 Å². The number of nitrogens with one attached hydrogen (secondary N) is 2. The Kier molecular flexibility index (Phi) is 6.03. The number of hydrogen-bond donors (Lipinski definition) is 2. The first-order valence-corrected chi connectivity index (χ1v) is 9.96. The van der Waals surface area contributed by atoms with Crippen molar-refractivity contribution in [1.29, 1.82) is 0 Å². The molecular weight excluding hydrogens is 356 g/mol. The molecule has 1 aromatic rings. The van der Waals surface area contributed by atoms with Crippen LogP contribution in [0.2, 0.25) is 0 Å². The van der Waals surface area contributed by atoms with Crippen LogP contribution in [0, 0.1) is 6.92 Å². The van der Waals surface area contributed by atoms with E-state index >= 15 is 0 Å². The second-order valence-corrected chi connectivity index (χ2v) is 8.16. The average Bonchev–Trinajstić information content (AvgIpc) is 2.87. The van der Waals surface area contributed by atoms with Gasteiger partial charge in [0.15, 0.2) is 0 Å². The molecule has 7 heteroatoms. The second-order valence-electron chi connectivity index (χ2n) is 8.16. The topological polar surface area (TPSA) is 81.8 Å². The van der Waals surface area contributed by atoms with Crippen LogP contribution >= 0.6 is 0 Å². The van der Waals surface area contributed by atoms with Gasteiger partial charge in [0.25, 0.3) is 5.91 Å². The smallest absolute Gasteiger partial charge is 0.325 e. The Balaban J connectivity index is 1.59. The monoisotopic (exact) mass is 386 g/mol. The summed E-state index contributed by atoms with van der Waals surface area (Å²) in [5, 5.41) is 5.72. The summed E-state index contributed by atoms with van der Waals surface area (Å²) in [6.45, 7) is 2.21. The normalized spacial score (nSPS) is 19.8. The molecular formula is C21H30N4O3. The fourth-order valence-corrected chi connectivity index (χ4v) is 4.11. The van der Waals surface area contributed by atoms with Gasteiger partial charge in [-0.15, -0.1) is 0 Å². The highest BCUT2D eigenvalue weighted by Crippen LogP contribution is 2.33. The van der Waals surface area contributed by atoms with Crippen LogP contribution in [0.5, 0.6) is 0 Å². The molecule has 4 amide bonds. The lowest BCUT2D eigenvalue weighted by Gasteiger charge is -2.30. The number of aryl methyl sites for hydroxylation is 1. The van der Waals surface area contributed by atoms with E-state index in [1.165, 1.54) is 5.56 Å². The van der Waals surface area contributed by atoms with Gasteiger partial charge in [-0.25, -0.2) is 4.79 Å². The van der Waals surface area contributed by atoms with Crippen LogP contribution in [0.25, 0.3) is 0 Å². The number of rotatable bonds is 6. The van der Waals surface area contributed by atoms with Crippen molar-refractivity contribution in [3.05, 3.63) is 35.4 Å². The minimum atomic E-state index is -0.788. The van der Waals surface area contributed by atoms with Crippen LogP contribution in [-0.4, -0.2) is 60.4 Å². The van der Waals surface area contributed by atoms with Crippen molar-refractivity contribution in [3.63, 3.8) is 0 Å². The summed E-state index contributed by atoms with van der Waals surface area (Å²) in [6, 6.07) is 7.75. The summed E-state index contributed by atoms with van der Waals surface area (Å²) in [4.78, 5) is 40.7. The molecule has 1 saturated heterocycles. The molecule has 1 atom stereocenters. The molecule has 0 bridgehead atoms. The van der Waals surface area contributed by atoms with Gasteiger partial charge in [-0.05, 0) is 39.4 Å². The van der Waals surface area contributed by atoms with E-state index in [-0.39, 0.29) is 24.4 Å². The van der Waals surface area contributed by atoms with Crippen molar-refractivity contribution in [2.75, 3.05) is 27.2 Å². The van der Waals surface area contributed by atoms with Gasteiger partial charge in [0.05, 0.1) is 6.04 Å². The molecule has 0 radical (unpaired) electrons. The van der Waals surface area contributed by atoms with Crippen molar-refractivity contribution < 1.29 is 14.4 Å². The van der Waals surface area contributed by atoms with Gasteiger partial charge in [0, 0.05) is 6.54 Å². The molecule has 2 N–H and O–H groups in total. The molecule has 2 fully saturated rings. The maximum absolute atomic E-state index is 12.8. The lowest BCUT2D eigenvalue weighted by Crippen LogP contribution is -2.49. The number of nitrogens with zero attached hydrogens (tertiary/aromatic N) is 2. The number of carbonyl (C=O) groups excluding carboxylic acids is 3. The van der Waals surface area contributed by atoms with Gasteiger partial charge >= 0.3 is 6.03 Å². The molecule has 0 aromatic heterocycles. The van der Waals surface area contributed by atoms with Crippen LogP contribution in [0.1, 0.15) is 49.3 Å². The van der Waals surface area contributed by atoms with Crippen LogP contribution < -0.4 is 10.6 Å². The fourth-order valence-electron chi connectivity index (χ4n) is 4.11. The third-order valence-electron chi connectivity index (χ3n) is 5.83. The molecule has 1 saturated carbocycles. The van der Waals surface area contributed by atoms with Crippen LogP contribution in [0.15, 0.2) is 24.3 Å². The Labute approximate surface area is 166 Å². The summed E-state index contributed by atoms with van der Waals surface area (Å²) in [6.07, 6.45) is 4.24. The summed E-state index contributed by atoms with van der Waals surface area (Å²) in [5.41, 5.74) is 1.50. The van der Waals surface area contributed by atoms with E-state index in [4.69, 9.17) is 0 Å². The van der Waals surface area contributed by atoms with Crippen LogP contribution in [-0.2, 0) is 9.59 Å². The Morgan fingerprint density at radius 1 is 1.18 bits per heavy atom. The molecule has 2 aliphatic rings. The fraction of sp³-hybridized carbons (Fsp3) is 0.571. The Bertz CT molecular complexity index is 739. The second kappa shape index (κ2) is 8.31. The number of benzene rings is 1. The lowest BCUT2D eigenvalue weighted by molar-refractivity contribution is -0.135.